The zero-order valence-corrected chi connectivity index (χ0v) is 27.2. The van der Waals surface area contributed by atoms with Gasteiger partial charge in [-0.15, -0.1) is 6.58 Å². The molecule has 0 saturated heterocycles. The van der Waals surface area contributed by atoms with Crippen LogP contribution in [0.1, 0.15) is 35.3 Å². The maximum absolute atomic E-state index is 14.2. The molecule has 47 heavy (non-hydrogen) atoms. The van der Waals surface area contributed by atoms with Gasteiger partial charge in [-0.05, 0) is 43.2 Å². The third-order valence-electron chi connectivity index (χ3n) is 7.79. The zero-order valence-electron chi connectivity index (χ0n) is 26.4. The van der Waals surface area contributed by atoms with Crippen molar-refractivity contribution in [3.63, 3.8) is 0 Å². The van der Waals surface area contributed by atoms with Crippen LogP contribution >= 0.6 is 11.8 Å². The highest BCUT2D eigenvalue weighted by atomic mass is 32.2. The zero-order chi connectivity index (χ0) is 33.3. The average molecular weight is 641 g/mol. The van der Waals surface area contributed by atoms with Gasteiger partial charge in [0.2, 0.25) is 5.91 Å². The molecule has 1 aliphatic heterocycles. The largest absolute Gasteiger partial charge is 0.344 e. The fourth-order valence-electron chi connectivity index (χ4n) is 5.54. The fraction of sp³-hybridized carbons (Fsp3) is 0.128. The Morgan fingerprint density at radius 3 is 2.21 bits per heavy atom. The van der Waals surface area contributed by atoms with E-state index in [9.17, 15) is 14.4 Å². The summed E-state index contributed by atoms with van der Waals surface area (Å²) in [5.74, 6) is -1.53. The molecule has 2 heterocycles. The molecule has 1 aliphatic rings. The Morgan fingerprint density at radius 1 is 0.957 bits per heavy atom. The van der Waals surface area contributed by atoms with Crippen molar-refractivity contribution >= 4 is 51.6 Å². The van der Waals surface area contributed by atoms with E-state index in [-0.39, 0.29) is 28.4 Å². The molecule has 7 nitrogen and oxygen atoms in total. The van der Waals surface area contributed by atoms with E-state index < -0.39 is 11.8 Å². The summed E-state index contributed by atoms with van der Waals surface area (Å²) in [7, 11) is 0. The molecule has 0 radical (unpaired) electrons. The van der Waals surface area contributed by atoms with E-state index in [1.54, 1.807) is 37.3 Å². The second kappa shape index (κ2) is 15.2. The van der Waals surface area contributed by atoms with Crippen LogP contribution in [0.15, 0.2) is 145 Å². The third-order valence-corrected chi connectivity index (χ3v) is 8.73. The Labute approximate surface area is 279 Å². The Hall–Kier alpha value is -5.47. The first kappa shape index (κ1) is 32.9. The predicted octanol–water partition coefficient (Wildman–Crippen LogP) is 7.53. The molecule has 1 N–H and O–H groups in total. The highest BCUT2D eigenvalue weighted by Gasteiger charge is 2.35. The van der Waals surface area contributed by atoms with Crippen LogP contribution < -0.4 is 5.32 Å². The van der Waals surface area contributed by atoms with Gasteiger partial charge < -0.3 is 9.88 Å². The van der Waals surface area contributed by atoms with Gasteiger partial charge in [0, 0.05) is 34.4 Å². The van der Waals surface area contributed by atoms with Crippen LogP contribution in [-0.4, -0.2) is 38.1 Å². The lowest BCUT2D eigenvalue weighted by Crippen LogP contribution is -2.42. The minimum absolute atomic E-state index is 0.0667. The third kappa shape index (κ3) is 7.18. The van der Waals surface area contributed by atoms with Gasteiger partial charge in [0.1, 0.15) is 5.57 Å². The van der Waals surface area contributed by atoms with E-state index in [1.807, 2.05) is 97.9 Å². The molecule has 5 rings (SSSR count). The Bertz CT molecular complexity index is 1910. The molecule has 236 valence electrons. The molecular formula is C39H36N4O3S. The maximum atomic E-state index is 14.2. The number of hydrogen-bond acceptors (Lipinski definition) is 4. The number of aromatic nitrogens is 1. The van der Waals surface area contributed by atoms with Crippen molar-refractivity contribution in [1.82, 2.24) is 14.8 Å². The average Bonchev–Trinajstić information content (AvgIpc) is 3.36. The number of allylic oxidation sites excluding steroid dienone is 5. The van der Waals surface area contributed by atoms with Crippen molar-refractivity contribution < 1.29 is 14.4 Å². The quantitative estimate of drug-likeness (QED) is 0.0795. The van der Waals surface area contributed by atoms with Crippen molar-refractivity contribution in [3.05, 3.63) is 162 Å². The number of aliphatic imine (C=N–C) groups is 1. The molecular weight excluding hydrogens is 605 g/mol. The first-order valence-electron chi connectivity index (χ1n) is 15.2. The number of benzene rings is 3. The fourth-order valence-corrected chi connectivity index (χ4v) is 6.35. The van der Waals surface area contributed by atoms with E-state index in [0.29, 0.717) is 12.2 Å². The molecule has 3 amide bonds. The maximum Gasteiger partial charge on any atom is 0.285 e. The summed E-state index contributed by atoms with van der Waals surface area (Å²) in [4.78, 5) is 46.9. The molecule has 3 aromatic carbocycles. The Kier molecular flexibility index (Phi) is 10.6. The summed E-state index contributed by atoms with van der Waals surface area (Å²) in [6, 6.07) is 26.9. The summed E-state index contributed by atoms with van der Waals surface area (Å²) in [6.45, 7) is 12.0. The summed E-state index contributed by atoms with van der Waals surface area (Å²) >= 11 is 1.03. The minimum atomic E-state index is -0.663. The van der Waals surface area contributed by atoms with E-state index in [2.05, 4.69) is 28.0 Å². The van der Waals surface area contributed by atoms with Crippen molar-refractivity contribution in [2.45, 2.75) is 26.4 Å². The molecule has 0 spiro atoms. The number of carbonyl (C=O) groups is 3. The number of thioether (sulfide) groups is 1. The molecule has 8 heteroatoms. The van der Waals surface area contributed by atoms with E-state index in [1.165, 1.54) is 4.90 Å². The van der Waals surface area contributed by atoms with Gasteiger partial charge in [0.05, 0.1) is 11.8 Å². The van der Waals surface area contributed by atoms with Crippen LogP contribution in [0, 0.1) is 6.92 Å². The normalized spacial score (nSPS) is 14.7. The summed E-state index contributed by atoms with van der Waals surface area (Å²) < 4.78 is 2.09. The number of para-hydroxylation sites is 1. The number of nitrogens with one attached hydrogen (secondary N) is 1. The lowest BCUT2D eigenvalue weighted by atomic mass is 9.99. The van der Waals surface area contributed by atoms with Crippen LogP contribution in [-0.2, 0) is 20.9 Å². The first-order valence-corrected chi connectivity index (χ1v) is 16.2. The number of amides is 3. The molecule has 4 aromatic rings. The van der Waals surface area contributed by atoms with Gasteiger partial charge in [-0.3, -0.25) is 19.3 Å². The monoisotopic (exact) mass is 640 g/mol. The lowest BCUT2D eigenvalue weighted by molar-refractivity contribution is -0.126. The van der Waals surface area contributed by atoms with Crippen molar-refractivity contribution in [2.24, 2.45) is 4.99 Å². The van der Waals surface area contributed by atoms with Crippen molar-refractivity contribution in [2.75, 3.05) is 5.75 Å². The number of hydrogen-bond donors (Lipinski definition) is 1. The molecule has 1 aromatic heterocycles. The molecule has 0 saturated carbocycles. The number of carbonyl (C=O) groups excluding carboxylic acids is 3. The van der Waals surface area contributed by atoms with Gasteiger partial charge in [-0.2, -0.15) is 4.99 Å². The summed E-state index contributed by atoms with van der Waals surface area (Å²) in [6.07, 6.45) is 10.2. The topological polar surface area (TPSA) is 83.8 Å². The van der Waals surface area contributed by atoms with Crippen LogP contribution in [0.3, 0.4) is 0 Å². The molecule has 0 unspecified atom stereocenters. The van der Waals surface area contributed by atoms with Gasteiger partial charge in [0.25, 0.3) is 11.8 Å². The number of nitrogens with zero attached hydrogens (tertiary/aromatic N) is 3. The predicted molar refractivity (Wildman–Crippen MR) is 193 cm³/mol. The highest BCUT2D eigenvalue weighted by molar-refractivity contribution is 8.14. The molecule has 0 aliphatic carbocycles. The molecule has 0 fully saturated rings. The first-order chi connectivity index (χ1) is 22.9. The molecule has 0 atom stereocenters. The number of fused-ring (bicyclic) bond motifs is 1. The van der Waals surface area contributed by atoms with Crippen LogP contribution in [0.2, 0.25) is 0 Å². The minimum Gasteiger partial charge on any atom is -0.344 e. The van der Waals surface area contributed by atoms with Gasteiger partial charge >= 0.3 is 0 Å². The second-order valence-corrected chi connectivity index (χ2v) is 11.7. The second-order valence-electron chi connectivity index (χ2n) is 10.7. The van der Waals surface area contributed by atoms with E-state index in [4.69, 9.17) is 0 Å². The smallest absolute Gasteiger partial charge is 0.285 e. The van der Waals surface area contributed by atoms with Gasteiger partial charge in [-0.1, -0.05) is 122 Å². The Balaban J connectivity index is 1.48. The Morgan fingerprint density at radius 2 is 1.60 bits per heavy atom. The molecule has 0 bridgehead atoms. The SMILES string of the molecule is C=C/C=C\C(=C/C)N1C(=O)/C(=C/c2c(C)n(CC=C)c3ccccc23)C(=O)N=C1SCC(=O)NC(c1ccccc1)c1ccccc1. The van der Waals surface area contributed by atoms with E-state index in [0.717, 1.165) is 45.0 Å². The van der Waals surface area contributed by atoms with Crippen LogP contribution in [0.25, 0.3) is 17.0 Å². The highest BCUT2D eigenvalue weighted by Crippen LogP contribution is 2.31. The van der Waals surface area contributed by atoms with Crippen LogP contribution in [0.5, 0.6) is 0 Å². The van der Waals surface area contributed by atoms with Gasteiger partial charge in [0.15, 0.2) is 5.17 Å². The standard InChI is InChI=1S/C39H36N4O3S/c1-5-8-21-30(7-3)43-38(46)33(25-32-27(4)42(24-6-2)34-23-16-15-22-31(32)34)37(45)41-39(43)47-26-35(44)40-36(28-17-11-9-12-18-28)29-19-13-10-14-20-29/h5-23,25,36H,1-2,24,26H2,3-4H3,(H,40,44)/b21-8-,30-7+,33-25+. The summed E-state index contributed by atoms with van der Waals surface area (Å²) in [5.41, 5.74) is 4.94. The van der Waals surface area contributed by atoms with Crippen LogP contribution in [0.4, 0.5) is 0 Å². The summed E-state index contributed by atoms with van der Waals surface area (Å²) in [5, 5.41) is 4.15. The van der Waals surface area contributed by atoms with E-state index >= 15 is 0 Å². The lowest BCUT2D eigenvalue weighted by Gasteiger charge is -2.28. The number of amidine groups is 1. The van der Waals surface area contributed by atoms with Gasteiger partial charge in [-0.25, -0.2) is 0 Å². The number of rotatable bonds is 11. The van der Waals surface area contributed by atoms with Crippen molar-refractivity contribution in [3.8, 4) is 0 Å². The van der Waals surface area contributed by atoms with Crippen molar-refractivity contribution in [1.29, 1.82) is 0 Å².